The Balaban J connectivity index is 4.24. The highest BCUT2D eigenvalue weighted by Gasteiger charge is 2.31. The lowest BCUT2D eigenvalue weighted by Gasteiger charge is -2.28. The van der Waals surface area contributed by atoms with Gasteiger partial charge in [0.1, 0.15) is 12.2 Å². The van der Waals surface area contributed by atoms with Crippen molar-refractivity contribution in [2.75, 3.05) is 6.61 Å². The molecule has 0 bridgehead atoms. The van der Waals surface area contributed by atoms with Crippen molar-refractivity contribution >= 4 is 5.97 Å². The van der Waals surface area contributed by atoms with Gasteiger partial charge in [0.2, 0.25) is 0 Å². The number of unbranched alkanes of at least 4 members (excludes halogenated alkanes) is 1. The van der Waals surface area contributed by atoms with Gasteiger partial charge in [0.05, 0.1) is 17.8 Å². The third-order valence-corrected chi connectivity index (χ3v) is 5.91. The average Bonchev–Trinajstić information content (AvgIpc) is 2.71. The maximum Gasteiger partial charge on any atom is 0.302 e. The van der Waals surface area contributed by atoms with Crippen molar-refractivity contribution in [3.05, 3.63) is 34.9 Å². The van der Waals surface area contributed by atoms with Gasteiger partial charge in [-0.1, -0.05) is 34.9 Å². The minimum Gasteiger partial charge on any atom is -0.463 e. The summed E-state index contributed by atoms with van der Waals surface area (Å²) < 4.78 is 4.82. The first-order valence-corrected chi connectivity index (χ1v) is 12.1. The van der Waals surface area contributed by atoms with Crippen molar-refractivity contribution in [3.8, 4) is 0 Å². The predicted octanol–water partition coefficient (Wildman–Crippen LogP) is 4.75. The van der Waals surface area contributed by atoms with E-state index in [0.717, 1.165) is 37.7 Å². The highest BCUT2D eigenvalue weighted by Crippen LogP contribution is 2.19. The number of rotatable bonds is 16. The topological polar surface area (TPSA) is 107 Å². The summed E-state index contributed by atoms with van der Waals surface area (Å²) in [6.45, 7) is 12.0. The summed E-state index contributed by atoms with van der Waals surface area (Å²) in [7, 11) is 0. The van der Waals surface area contributed by atoms with E-state index in [9.17, 15) is 25.2 Å². The Morgan fingerprint density at radius 1 is 0.758 bits per heavy atom. The second-order valence-corrected chi connectivity index (χ2v) is 10.2. The zero-order chi connectivity index (χ0) is 25.7. The molecule has 0 saturated carbocycles. The largest absolute Gasteiger partial charge is 0.463 e. The molecule has 3 atom stereocenters. The molecule has 0 aliphatic heterocycles. The van der Waals surface area contributed by atoms with Gasteiger partial charge < -0.3 is 25.2 Å². The standard InChI is InChI=1S/C27H48O6/c1-20(13-10-14-22(3)15-17-24(29)26(5,6)31)11-8-9-12-21(2)16-18-25(30)27(7,32)19-33-23(4)28/h11-12,14,24-25,29-32H,8-10,13,15-19H2,1-7H3. The van der Waals surface area contributed by atoms with Gasteiger partial charge in [-0.25, -0.2) is 0 Å². The lowest BCUT2D eigenvalue weighted by Crippen LogP contribution is -2.44. The van der Waals surface area contributed by atoms with Gasteiger partial charge in [-0.2, -0.15) is 0 Å². The first kappa shape index (κ1) is 31.5. The zero-order valence-corrected chi connectivity index (χ0v) is 21.9. The molecule has 0 saturated heterocycles. The fraction of sp³-hybridized carbons (Fsp3) is 0.741. The lowest BCUT2D eigenvalue weighted by atomic mass is 9.94. The highest BCUT2D eigenvalue weighted by molar-refractivity contribution is 5.65. The van der Waals surface area contributed by atoms with Crippen LogP contribution >= 0.6 is 0 Å². The van der Waals surface area contributed by atoms with Gasteiger partial charge >= 0.3 is 5.97 Å². The number of allylic oxidation sites excluding steroid dienone is 6. The second kappa shape index (κ2) is 15.4. The molecule has 0 amide bonds. The number of aliphatic hydroxyl groups is 4. The molecule has 192 valence electrons. The maximum atomic E-state index is 10.9. The van der Waals surface area contributed by atoms with Crippen LogP contribution in [0.5, 0.6) is 0 Å². The van der Waals surface area contributed by atoms with Crippen LogP contribution in [0, 0.1) is 0 Å². The molecule has 0 aliphatic carbocycles. The first-order valence-electron chi connectivity index (χ1n) is 12.1. The Morgan fingerprint density at radius 3 is 1.64 bits per heavy atom. The SMILES string of the molecule is CC(=O)OCC(C)(O)C(O)CCC(C)=CCCC=C(C)CCC=C(C)CCC(O)C(C)(C)O. The lowest BCUT2D eigenvalue weighted by molar-refractivity contribution is -0.156. The van der Waals surface area contributed by atoms with Crippen molar-refractivity contribution in [1.82, 2.24) is 0 Å². The normalized spacial score (nSPS) is 17.5. The maximum absolute atomic E-state index is 10.9. The van der Waals surface area contributed by atoms with Crippen LogP contribution in [0.25, 0.3) is 0 Å². The number of carbonyl (C=O) groups excluding carboxylic acids is 1. The van der Waals surface area contributed by atoms with Crippen molar-refractivity contribution in [2.24, 2.45) is 0 Å². The van der Waals surface area contributed by atoms with E-state index in [1.54, 1.807) is 13.8 Å². The monoisotopic (exact) mass is 468 g/mol. The van der Waals surface area contributed by atoms with Gasteiger partial charge in [0.25, 0.3) is 0 Å². The van der Waals surface area contributed by atoms with Crippen LogP contribution in [0.3, 0.4) is 0 Å². The number of hydrogen-bond donors (Lipinski definition) is 4. The molecule has 0 spiro atoms. The van der Waals surface area contributed by atoms with Crippen LogP contribution in [0.2, 0.25) is 0 Å². The van der Waals surface area contributed by atoms with Crippen molar-refractivity contribution in [2.45, 2.75) is 123 Å². The quantitative estimate of drug-likeness (QED) is 0.148. The Labute approximate surface area is 201 Å². The van der Waals surface area contributed by atoms with Gasteiger partial charge in [0, 0.05) is 6.92 Å². The van der Waals surface area contributed by atoms with Crippen LogP contribution in [-0.4, -0.2) is 56.4 Å². The Hall–Kier alpha value is -1.47. The molecule has 6 heteroatoms. The van der Waals surface area contributed by atoms with E-state index in [-0.39, 0.29) is 6.61 Å². The number of esters is 1. The van der Waals surface area contributed by atoms with Crippen LogP contribution in [0.1, 0.15) is 99.8 Å². The molecule has 0 aromatic heterocycles. The molecule has 0 aromatic rings. The predicted molar refractivity (Wildman–Crippen MR) is 134 cm³/mol. The Kier molecular flexibility index (Phi) is 14.7. The highest BCUT2D eigenvalue weighted by atomic mass is 16.5. The molecular weight excluding hydrogens is 420 g/mol. The molecule has 0 aromatic carbocycles. The van der Waals surface area contributed by atoms with Gasteiger partial charge in [-0.05, 0) is 92.9 Å². The number of ether oxygens (including phenoxy) is 1. The van der Waals surface area contributed by atoms with Crippen LogP contribution in [0.15, 0.2) is 34.9 Å². The van der Waals surface area contributed by atoms with E-state index in [2.05, 4.69) is 32.1 Å². The van der Waals surface area contributed by atoms with E-state index in [1.807, 2.05) is 6.92 Å². The summed E-state index contributed by atoms with van der Waals surface area (Å²) in [5, 5.41) is 40.1. The van der Waals surface area contributed by atoms with E-state index in [1.165, 1.54) is 25.0 Å². The fourth-order valence-electron chi connectivity index (χ4n) is 3.25. The van der Waals surface area contributed by atoms with Gasteiger partial charge in [-0.3, -0.25) is 4.79 Å². The molecule has 0 aliphatic rings. The van der Waals surface area contributed by atoms with Crippen LogP contribution in [0.4, 0.5) is 0 Å². The molecule has 0 radical (unpaired) electrons. The van der Waals surface area contributed by atoms with Crippen molar-refractivity contribution in [3.63, 3.8) is 0 Å². The van der Waals surface area contributed by atoms with E-state index in [4.69, 9.17) is 4.74 Å². The number of aliphatic hydroxyl groups excluding tert-OH is 2. The molecule has 0 fully saturated rings. The van der Waals surface area contributed by atoms with Crippen molar-refractivity contribution in [1.29, 1.82) is 0 Å². The summed E-state index contributed by atoms with van der Waals surface area (Å²) in [4.78, 5) is 10.9. The van der Waals surface area contributed by atoms with Gasteiger partial charge in [-0.15, -0.1) is 0 Å². The molecule has 3 unspecified atom stereocenters. The third-order valence-electron chi connectivity index (χ3n) is 5.91. The minimum absolute atomic E-state index is 0.214. The summed E-state index contributed by atoms with van der Waals surface area (Å²) in [5.41, 5.74) is 1.23. The minimum atomic E-state index is -1.45. The summed E-state index contributed by atoms with van der Waals surface area (Å²) in [6.07, 6.45) is 11.2. The summed E-state index contributed by atoms with van der Waals surface area (Å²) in [6, 6.07) is 0. The Bertz CT molecular complexity index is 667. The number of hydrogen-bond acceptors (Lipinski definition) is 6. The van der Waals surface area contributed by atoms with Crippen molar-refractivity contribution < 1.29 is 30.0 Å². The second-order valence-electron chi connectivity index (χ2n) is 10.2. The van der Waals surface area contributed by atoms with Gasteiger partial charge in [0.15, 0.2) is 0 Å². The molecular formula is C27H48O6. The molecule has 33 heavy (non-hydrogen) atoms. The Morgan fingerprint density at radius 2 is 1.18 bits per heavy atom. The molecule has 6 nitrogen and oxygen atoms in total. The smallest absolute Gasteiger partial charge is 0.302 e. The van der Waals surface area contributed by atoms with Crippen LogP contribution in [-0.2, 0) is 9.53 Å². The van der Waals surface area contributed by atoms with E-state index < -0.39 is 29.4 Å². The molecule has 4 N–H and O–H groups in total. The zero-order valence-electron chi connectivity index (χ0n) is 21.9. The third kappa shape index (κ3) is 15.9. The fourth-order valence-corrected chi connectivity index (χ4v) is 3.25. The van der Waals surface area contributed by atoms with E-state index >= 15 is 0 Å². The number of carbonyl (C=O) groups is 1. The molecule has 0 rings (SSSR count). The first-order chi connectivity index (χ1) is 15.1. The van der Waals surface area contributed by atoms with E-state index in [0.29, 0.717) is 19.3 Å². The summed E-state index contributed by atoms with van der Waals surface area (Å²) in [5.74, 6) is -0.477. The average molecular weight is 469 g/mol. The van der Waals surface area contributed by atoms with Crippen LogP contribution < -0.4 is 0 Å². The molecule has 0 heterocycles. The summed E-state index contributed by atoms with van der Waals surface area (Å²) >= 11 is 0.